The van der Waals surface area contributed by atoms with Gasteiger partial charge in [0.25, 0.3) is 5.91 Å². The third kappa shape index (κ3) is 4.85. The largest absolute Gasteiger partial charge is 0.573 e. The van der Waals surface area contributed by atoms with Crippen LogP contribution in [0.4, 0.5) is 34.8 Å². The molecule has 2 heterocycles. The number of rotatable bonds is 5. The quantitative estimate of drug-likeness (QED) is 0.487. The number of pyridine rings is 1. The van der Waals surface area contributed by atoms with E-state index >= 15 is 0 Å². The van der Waals surface area contributed by atoms with Gasteiger partial charge in [-0.3, -0.25) is 4.79 Å². The Labute approximate surface area is 195 Å². The van der Waals surface area contributed by atoms with Crippen molar-refractivity contribution in [2.75, 3.05) is 23.4 Å². The number of carbonyl (C=O) groups excluding carboxylic acids is 1. The fourth-order valence-corrected chi connectivity index (χ4v) is 3.67. The molecule has 3 aromatic rings. The lowest BCUT2D eigenvalue weighted by Gasteiger charge is -2.37. The number of nitrogens with zero attached hydrogens (tertiary/aromatic N) is 2. The molecule has 0 bridgehead atoms. The molecule has 1 aromatic heterocycles. The van der Waals surface area contributed by atoms with Crippen LogP contribution in [0.3, 0.4) is 0 Å². The first kappa shape index (κ1) is 23.6. The fraction of sp³-hybridized carbons (Fsp3) is 0.182. The second-order valence-electron chi connectivity index (χ2n) is 7.13. The average Bonchev–Trinajstić information content (AvgIpc) is 2.79. The van der Waals surface area contributed by atoms with Crippen LogP contribution in [0.15, 0.2) is 54.7 Å². The normalized spacial score (nSPS) is 15.4. The number of hydrogen-bond donors (Lipinski definition) is 2. The van der Waals surface area contributed by atoms with Gasteiger partial charge in [-0.25, -0.2) is 9.37 Å². The van der Waals surface area contributed by atoms with Gasteiger partial charge in [0, 0.05) is 18.0 Å². The van der Waals surface area contributed by atoms with Crippen LogP contribution in [-0.2, 0) is 0 Å². The van der Waals surface area contributed by atoms with Crippen molar-refractivity contribution in [1.29, 1.82) is 0 Å². The summed E-state index contributed by atoms with van der Waals surface area (Å²) in [6, 6.07) is 9.96. The van der Waals surface area contributed by atoms with Crippen molar-refractivity contribution in [2.24, 2.45) is 0 Å². The Hall–Kier alpha value is -3.57. The molecule has 0 unspecified atom stereocenters. The molecule has 7 nitrogen and oxygen atoms in total. The lowest BCUT2D eigenvalue weighted by Crippen LogP contribution is -2.43. The summed E-state index contributed by atoms with van der Waals surface area (Å²) >= 11 is 6.30. The van der Waals surface area contributed by atoms with E-state index in [1.54, 1.807) is 29.2 Å². The molecule has 1 aliphatic rings. The minimum atomic E-state index is -5.05. The summed E-state index contributed by atoms with van der Waals surface area (Å²) < 4.78 is 60.4. The van der Waals surface area contributed by atoms with Crippen LogP contribution in [0.1, 0.15) is 10.4 Å². The van der Waals surface area contributed by atoms with Crippen molar-refractivity contribution < 1.29 is 36.9 Å². The zero-order valence-electron chi connectivity index (χ0n) is 17.1. The molecule has 12 heteroatoms. The van der Waals surface area contributed by atoms with Crippen LogP contribution in [0.2, 0.25) is 5.02 Å². The Kier molecular flexibility index (Phi) is 6.49. The van der Waals surface area contributed by atoms with Crippen molar-refractivity contribution >= 4 is 34.7 Å². The molecule has 0 radical (unpaired) electrons. The first-order chi connectivity index (χ1) is 16.2. The lowest BCUT2D eigenvalue weighted by molar-refractivity contribution is -0.275. The number of nitrogens with one attached hydrogen (secondary N) is 1. The van der Waals surface area contributed by atoms with Gasteiger partial charge in [-0.15, -0.1) is 13.2 Å². The van der Waals surface area contributed by atoms with Gasteiger partial charge in [0.1, 0.15) is 6.61 Å². The third-order valence-electron chi connectivity index (χ3n) is 4.88. The summed E-state index contributed by atoms with van der Waals surface area (Å²) in [4.78, 5) is 18.9. The summed E-state index contributed by atoms with van der Waals surface area (Å²) in [6.07, 6.45) is -3.52. The molecule has 2 N–H and O–H groups in total. The second-order valence-corrected chi connectivity index (χ2v) is 7.53. The van der Waals surface area contributed by atoms with Gasteiger partial charge in [0.05, 0.1) is 28.9 Å². The van der Waals surface area contributed by atoms with Crippen molar-refractivity contribution in [3.05, 3.63) is 71.1 Å². The minimum absolute atomic E-state index is 0.0127. The Bertz CT molecular complexity index is 1220. The predicted octanol–water partition coefficient (Wildman–Crippen LogP) is 4.92. The molecule has 0 saturated heterocycles. The van der Waals surface area contributed by atoms with Gasteiger partial charge in [-0.05, 0) is 36.4 Å². The predicted molar refractivity (Wildman–Crippen MR) is 115 cm³/mol. The van der Waals surface area contributed by atoms with Crippen molar-refractivity contribution in [1.82, 2.24) is 4.98 Å². The number of aliphatic hydroxyl groups excluding tert-OH is 1. The fourth-order valence-electron chi connectivity index (χ4n) is 3.46. The number of anilines is 3. The first-order valence-corrected chi connectivity index (χ1v) is 10.2. The molecular formula is C22H16ClF4N3O4. The molecular weight excluding hydrogens is 482 g/mol. The van der Waals surface area contributed by atoms with Crippen molar-refractivity contribution in [3.8, 4) is 11.5 Å². The number of ether oxygens (including phenoxy) is 2. The highest BCUT2D eigenvalue weighted by atomic mass is 35.5. The van der Waals surface area contributed by atoms with E-state index in [4.69, 9.17) is 16.3 Å². The van der Waals surface area contributed by atoms with E-state index < -0.39 is 29.9 Å². The van der Waals surface area contributed by atoms with Crippen LogP contribution in [0.5, 0.6) is 11.5 Å². The van der Waals surface area contributed by atoms with Crippen molar-refractivity contribution in [3.63, 3.8) is 0 Å². The summed E-state index contributed by atoms with van der Waals surface area (Å²) in [5.41, 5.74) is 0.393. The maximum Gasteiger partial charge on any atom is 0.573 e. The Morgan fingerprint density at radius 1 is 1.26 bits per heavy atom. The number of aromatic nitrogens is 1. The lowest BCUT2D eigenvalue weighted by atomic mass is 10.1. The number of fused-ring (bicyclic) bond motifs is 1. The highest BCUT2D eigenvalue weighted by Crippen LogP contribution is 2.42. The van der Waals surface area contributed by atoms with Crippen LogP contribution in [0, 0.1) is 5.82 Å². The van der Waals surface area contributed by atoms with Crippen LogP contribution in [-0.4, -0.2) is 41.6 Å². The van der Waals surface area contributed by atoms with E-state index in [1.165, 1.54) is 12.3 Å². The number of benzene rings is 2. The van der Waals surface area contributed by atoms with E-state index in [-0.39, 0.29) is 30.2 Å². The minimum Gasteiger partial charge on any atom is -0.488 e. The molecule has 0 saturated carbocycles. The Morgan fingerprint density at radius 3 is 2.74 bits per heavy atom. The number of carbonyl (C=O) groups is 1. The number of para-hydroxylation sites is 1. The number of hydrogen-bond acceptors (Lipinski definition) is 6. The van der Waals surface area contributed by atoms with Crippen LogP contribution >= 0.6 is 11.6 Å². The molecule has 0 aliphatic carbocycles. The smallest absolute Gasteiger partial charge is 0.488 e. The third-order valence-corrected chi connectivity index (χ3v) is 5.17. The summed E-state index contributed by atoms with van der Waals surface area (Å²) in [7, 11) is 0. The molecule has 1 amide bonds. The number of alkyl halides is 3. The van der Waals surface area contributed by atoms with Crippen molar-refractivity contribution in [2.45, 2.75) is 12.4 Å². The number of aliphatic hydroxyl groups is 1. The average molecular weight is 498 g/mol. The summed E-state index contributed by atoms with van der Waals surface area (Å²) in [5, 5.41) is 12.6. The number of amides is 1. The summed E-state index contributed by atoms with van der Waals surface area (Å²) in [6.45, 7) is -0.271. The Balaban J connectivity index is 1.65. The van der Waals surface area contributed by atoms with Gasteiger partial charge < -0.3 is 24.8 Å². The molecule has 178 valence electrons. The first-order valence-electron chi connectivity index (χ1n) is 9.81. The monoisotopic (exact) mass is 497 g/mol. The highest BCUT2D eigenvalue weighted by Gasteiger charge is 2.34. The second kappa shape index (κ2) is 9.35. The maximum atomic E-state index is 14.0. The SMILES string of the molecule is O=C(Nc1ccc(OC(F)(F)F)c(F)c1)c1cccc2c1OC[C@H](CO)N2c1ncccc1Cl. The van der Waals surface area contributed by atoms with Gasteiger partial charge in [-0.1, -0.05) is 17.7 Å². The van der Waals surface area contributed by atoms with Crippen LogP contribution < -0.4 is 19.7 Å². The topological polar surface area (TPSA) is 83.9 Å². The molecule has 34 heavy (non-hydrogen) atoms. The van der Waals surface area contributed by atoms with Gasteiger partial charge in [0.15, 0.2) is 23.1 Å². The van der Waals surface area contributed by atoms with E-state index in [2.05, 4.69) is 15.0 Å². The van der Waals surface area contributed by atoms with E-state index in [0.29, 0.717) is 22.6 Å². The number of halogens is 5. The maximum absolute atomic E-state index is 14.0. The molecule has 2 aromatic carbocycles. The Morgan fingerprint density at radius 2 is 2.06 bits per heavy atom. The van der Waals surface area contributed by atoms with Gasteiger partial charge in [-0.2, -0.15) is 0 Å². The molecule has 0 spiro atoms. The van der Waals surface area contributed by atoms with Gasteiger partial charge >= 0.3 is 6.36 Å². The van der Waals surface area contributed by atoms with E-state index in [9.17, 15) is 27.5 Å². The molecule has 1 aliphatic heterocycles. The highest BCUT2D eigenvalue weighted by molar-refractivity contribution is 6.33. The molecule has 1 atom stereocenters. The van der Waals surface area contributed by atoms with E-state index in [1.807, 2.05) is 0 Å². The summed E-state index contributed by atoms with van der Waals surface area (Å²) in [5.74, 6) is -2.50. The zero-order chi connectivity index (χ0) is 24.5. The van der Waals surface area contributed by atoms with E-state index in [0.717, 1.165) is 12.1 Å². The van der Waals surface area contributed by atoms with Crippen LogP contribution in [0.25, 0.3) is 0 Å². The standard InChI is InChI=1S/C22H16ClF4N3O4/c23-15-4-2-8-28-20(15)30-13(10-31)11-33-19-14(3-1-5-17(19)30)21(32)29-12-6-7-18(16(24)9-12)34-22(25,26)27/h1-9,13,31H,10-11H2,(H,29,32)/t13-/m0/s1. The zero-order valence-corrected chi connectivity index (χ0v) is 17.9. The molecule has 0 fully saturated rings. The van der Waals surface area contributed by atoms with Gasteiger partial charge in [0.2, 0.25) is 0 Å². The molecule has 4 rings (SSSR count).